The summed E-state index contributed by atoms with van der Waals surface area (Å²) in [5.41, 5.74) is 1.11. The van der Waals surface area contributed by atoms with Crippen molar-refractivity contribution in [3.05, 3.63) is 40.7 Å². The van der Waals surface area contributed by atoms with Crippen LogP contribution in [0, 0.1) is 0 Å². The van der Waals surface area contributed by atoms with Gasteiger partial charge in [-0.25, -0.2) is 4.98 Å². The molecular weight excluding hydrogens is 276 g/mol. The quantitative estimate of drug-likeness (QED) is 0.744. The van der Waals surface area contributed by atoms with Crippen LogP contribution in [-0.2, 0) is 0 Å². The van der Waals surface area contributed by atoms with Crippen LogP contribution < -0.4 is 10.3 Å². The van der Waals surface area contributed by atoms with Crippen molar-refractivity contribution < 1.29 is 4.74 Å². The fourth-order valence-electron chi connectivity index (χ4n) is 1.95. The number of hydrogen-bond donors (Lipinski definition) is 1. The van der Waals surface area contributed by atoms with Crippen LogP contribution in [0.25, 0.3) is 17.0 Å². The second-order valence-electron chi connectivity index (χ2n) is 4.05. The van der Waals surface area contributed by atoms with Crippen molar-refractivity contribution in [2.45, 2.75) is 5.16 Å². The number of methoxy groups -OCH3 is 1. The van der Waals surface area contributed by atoms with E-state index in [1.165, 1.54) is 22.3 Å². The zero-order valence-corrected chi connectivity index (χ0v) is 11.8. The van der Waals surface area contributed by atoms with Gasteiger partial charge in [0.2, 0.25) is 0 Å². The van der Waals surface area contributed by atoms with Crippen LogP contribution in [0.5, 0.6) is 5.75 Å². The maximum atomic E-state index is 12.1. The molecule has 6 nitrogen and oxygen atoms in total. The maximum absolute atomic E-state index is 12.1. The molecule has 3 aromatic rings. The van der Waals surface area contributed by atoms with E-state index in [-0.39, 0.29) is 5.56 Å². The van der Waals surface area contributed by atoms with E-state index in [0.29, 0.717) is 22.4 Å². The van der Waals surface area contributed by atoms with Gasteiger partial charge in [0.1, 0.15) is 5.75 Å². The average Bonchev–Trinajstić information content (AvgIpc) is 2.91. The molecule has 0 saturated heterocycles. The van der Waals surface area contributed by atoms with Crippen LogP contribution >= 0.6 is 11.8 Å². The minimum atomic E-state index is -0.205. The number of H-pyrrole nitrogens is 1. The number of rotatable bonds is 3. The lowest BCUT2D eigenvalue weighted by Gasteiger charge is -2.06. The van der Waals surface area contributed by atoms with Gasteiger partial charge in [0, 0.05) is 11.6 Å². The molecule has 0 aliphatic rings. The third-order valence-electron chi connectivity index (χ3n) is 2.89. The third kappa shape index (κ3) is 2.05. The highest BCUT2D eigenvalue weighted by Crippen LogP contribution is 2.27. The summed E-state index contributed by atoms with van der Waals surface area (Å²) in [6.07, 6.45) is 1.88. The second kappa shape index (κ2) is 5.01. The third-order valence-corrected chi connectivity index (χ3v) is 3.46. The summed E-state index contributed by atoms with van der Waals surface area (Å²) in [4.78, 5) is 20.8. The van der Waals surface area contributed by atoms with Gasteiger partial charge in [-0.2, -0.15) is 9.50 Å². The lowest BCUT2D eigenvalue weighted by Crippen LogP contribution is -2.14. The zero-order valence-electron chi connectivity index (χ0n) is 11.0. The standard InChI is InChI=1S/C13H12N4O2S/c1-19-10-6-4-3-5-8(10)9-7-11(18)17-12(14-9)15-13(16-17)20-2/h3-7H,1-2H3,(H,14,15,16). The minimum absolute atomic E-state index is 0.205. The van der Waals surface area contributed by atoms with E-state index in [4.69, 9.17) is 4.74 Å². The van der Waals surface area contributed by atoms with E-state index in [1.807, 2.05) is 30.5 Å². The van der Waals surface area contributed by atoms with E-state index >= 15 is 0 Å². The Kier molecular flexibility index (Phi) is 3.19. The van der Waals surface area contributed by atoms with Crippen molar-refractivity contribution in [2.75, 3.05) is 13.4 Å². The van der Waals surface area contributed by atoms with Crippen LogP contribution in [0.2, 0.25) is 0 Å². The van der Waals surface area contributed by atoms with Gasteiger partial charge in [0.05, 0.1) is 12.8 Å². The van der Waals surface area contributed by atoms with Crippen molar-refractivity contribution in [3.8, 4) is 17.0 Å². The van der Waals surface area contributed by atoms with Crippen LogP contribution in [-0.4, -0.2) is 32.9 Å². The topological polar surface area (TPSA) is 72.3 Å². The number of aromatic nitrogens is 4. The van der Waals surface area contributed by atoms with Crippen molar-refractivity contribution in [1.82, 2.24) is 19.6 Å². The first-order valence-electron chi connectivity index (χ1n) is 5.90. The van der Waals surface area contributed by atoms with Gasteiger partial charge in [-0.1, -0.05) is 23.9 Å². The molecule has 3 rings (SSSR count). The summed E-state index contributed by atoms with van der Waals surface area (Å²) >= 11 is 1.42. The Bertz CT molecular complexity index is 825. The molecule has 20 heavy (non-hydrogen) atoms. The van der Waals surface area contributed by atoms with E-state index in [1.54, 1.807) is 7.11 Å². The van der Waals surface area contributed by atoms with Crippen LogP contribution in [0.3, 0.4) is 0 Å². The van der Waals surface area contributed by atoms with Gasteiger partial charge in [0.15, 0.2) is 5.16 Å². The van der Waals surface area contributed by atoms with Crippen LogP contribution in [0.1, 0.15) is 0 Å². The van der Waals surface area contributed by atoms with Gasteiger partial charge >= 0.3 is 0 Å². The summed E-state index contributed by atoms with van der Waals surface area (Å²) < 4.78 is 6.62. The van der Waals surface area contributed by atoms with Crippen LogP contribution in [0.15, 0.2) is 40.3 Å². The molecule has 1 aromatic carbocycles. The number of aromatic amines is 1. The molecule has 0 fully saturated rings. The number of para-hydroxylation sites is 1. The van der Waals surface area contributed by atoms with Crippen molar-refractivity contribution in [1.29, 1.82) is 0 Å². The van der Waals surface area contributed by atoms with Gasteiger partial charge in [-0.05, 0) is 18.4 Å². The highest BCUT2D eigenvalue weighted by molar-refractivity contribution is 7.98. The number of benzene rings is 1. The van der Waals surface area contributed by atoms with Gasteiger partial charge < -0.3 is 4.74 Å². The molecule has 0 radical (unpaired) electrons. The first-order chi connectivity index (χ1) is 9.72. The molecule has 0 bridgehead atoms. The summed E-state index contributed by atoms with van der Waals surface area (Å²) in [7, 11) is 1.59. The lowest BCUT2D eigenvalue weighted by atomic mass is 10.1. The summed E-state index contributed by atoms with van der Waals surface area (Å²) in [6, 6.07) is 8.90. The van der Waals surface area contributed by atoms with Crippen LogP contribution in [0.4, 0.5) is 0 Å². The number of ether oxygens (including phenoxy) is 1. The number of nitrogens with zero attached hydrogens (tertiary/aromatic N) is 3. The van der Waals surface area contributed by atoms with E-state index < -0.39 is 0 Å². The van der Waals surface area contributed by atoms with Gasteiger partial charge in [-0.3, -0.25) is 9.89 Å². The average molecular weight is 288 g/mol. The van der Waals surface area contributed by atoms with E-state index in [9.17, 15) is 4.79 Å². The van der Waals surface area contributed by atoms with Crippen molar-refractivity contribution >= 4 is 17.5 Å². The predicted molar refractivity (Wildman–Crippen MR) is 77.4 cm³/mol. The zero-order chi connectivity index (χ0) is 14.1. The first-order valence-corrected chi connectivity index (χ1v) is 7.12. The molecule has 0 spiro atoms. The fourth-order valence-corrected chi connectivity index (χ4v) is 2.30. The van der Waals surface area contributed by atoms with Gasteiger partial charge in [-0.15, -0.1) is 0 Å². The molecule has 0 aliphatic carbocycles. The molecule has 1 N–H and O–H groups in total. The molecule has 102 valence electrons. The lowest BCUT2D eigenvalue weighted by molar-refractivity contribution is 0.416. The Balaban J connectivity index is 2.24. The molecule has 0 saturated carbocycles. The second-order valence-corrected chi connectivity index (χ2v) is 4.84. The molecule has 2 heterocycles. The minimum Gasteiger partial charge on any atom is -0.496 e. The van der Waals surface area contributed by atoms with Crippen molar-refractivity contribution in [2.24, 2.45) is 0 Å². The molecule has 0 unspecified atom stereocenters. The largest absolute Gasteiger partial charge is 0.496 e. The molecule has 0 atom stereocenters. The number of hydrogen-bond acceptors (Lipinski definition) is 5. The Morgan fingerprint density at radius 1 is 1.30 bits per heavy atom. The monoisotopic (exact) mass is 288 g/mol. The maximum Gasteiger partial charge on any atom is 0.274 e. The molecule has 2 aromatic heterocycles. The summed E-state index contributed by atoms with van der Waals surface area (Å²) in [5.74, 6) is 1.02. The number of nitrogens with one attached hydrogen (secondary N) is 1. The molecule has 7 heteroatoms. The van der Waals surface area contributed by atoms with E-state index in [0.717, 1.165) is 5.56 Å². The highest BCUT2D eigenvalue weighted by Gasteiger charge is 2.11. The Labute approximate surface area is 118 Å². The summed E-state index contributed by atoms with van der Waals surface area (Å²) in [6.45, 7) is 0. The Morgan fingerprint density at radius 2 is 2.10 bits per heavy atom. The number of thioether (sulfide) groups is 1. The smallest absolute Gasteiger partial charge is 0.274 e. The molecule has 0 aliphatic heterocycles. The molecular formula is C13H12N4O2S. The van der Waals surface area contributed by atoms with Crippen molar-refractivity contribution in [3.63, 3.8) is 0 Å². The Hall–Kier alpha value is -2.28. The highest BCUT2D eigenvalue weighted by atomic mass is 32.2. The predicted octanol–water partition coefficient (Wildman–Crippen LogP) is 1.82. The van der Waals surface area contributed by atoms with Gasteiger partial charge in [0.25, 0.3) is 11.3 Å². The normalized spacial score (nSPS) is 10.9. The number of fused-ring (bicyclic) bond motifs is 1. The fraction of sp³-hybridized carbons (Fsp3) is 0.154. The Morgan fingerprint density at radius 3 is 2.85 bits per heavy atom. The summed E-state index contributed by atoms with van der Waals surface area (Å²) in [5, 5.41) is 3.53. The first kappa shape index (κ1) is 12.7. The molecule has 0 amide bonds. The van der Waals surface area contributed by atoms with E-state index in [2.05, 4.69) is 15.1 Å². The SMILES string of the molecule is COc1ccccc1-c1cc(=O)n2[nH]c(SC)nc2n1.